The number of carbonyl (C=O) groups excluding carboxylic acids is 2. The Labute approximate surface area is 162 Å². The van der Waals surface area contributed by atoms with Gasteiger partial charge in [0, 0.05) is 10.9 Å². The van der Waals surface area contributed by atoms with Gasteiger partial charge >= 0.3 is 5.97 Å². The van der Waals surface area contributed by atoms with Crippen molar-refractivity contribution in [2.75, 3.05) is 7.11 Å². The van der Waals surface area contributed by atoms with E-state index in [9.17, 15) is 9.59 Å². The number of pyridine rings is 1. The van der Waals surface area contributed by atoms with Gasteiger partial charge in [0.05, 0.1) is 25.1 Å². The first kappa shape index (κ1) is 18.9. The van der Waals surface area contributed by atoms with Gasteiger partial charge in [-0.25, -0.2) is 4.98 Å². The molecule has 3 rings (SSSR count). The minimum atomic E-state index is -0.482. The lowest BCUT2D eigenvalue weighted by Gasteiger charge is -2.18. The van der Waals surface area contributed by atoms with Crippen LogP contribution in [0.25, 0.3) is 10.9 Å². The zero-order valence-electron chi connectivity index (χ0n) is 15.0. The van der Waals surface area contributed by atoms with E-state index < -0.39 is 12.0 Å². The zero-order chi connectivity index (χ0) is 19.4. The van der Waals surface area contributed by atoms with E-state index in [1.807, 2.05) is 37.3 Å². The van der Waals surface area contributed by atoms with E-state index in [4.69, 9.17) is 16.3 Å². The van der Waals surface area contributed by atoms with Gasteiger partial charge in [0.25, 0.3) is 5.91 Å². The molecule has 0 fully saturated rings. The molecule has 0 saturated heterocycles. The van der Waals surface area contributed by atoms with E-state index in [1.54, 1.807) is 24.3 Å². The summed E-state index contributed by atoms with van der Waals surface area (Å²) in [5.41, 5.74) is 3.13. The van der Waals surface area contributed by atoms with Gasteiger partial charge in [0.1, 0.15) is 5.15 Å². The molecule has 3 aromatic rings. The van der Waals surface area contributed by atoms with Crippen molar-refractivity contribution >= 4 is 34.4 Å². The number of methoxy groups -OCH3 is 1. The molecule has 1 amide bonds. The van der Waals surface area contributed by atoms with E-state index in [0.717, 1.165) is 16.5 Å². The van der Waals surface area contributed by atoms with Crippen molar-refractivity contribution in [3.05, 3.63) is 76.4 Å². The summed E-state index contributed by atoms with van der Waals surface area (Å²) in [5.74, 6) is -0.667. The number of fused-ring (bicyclic) bond motifs is 1. The quantitative estimate of drug-likeness (QED) is 0.529. The Bertz CT molecular complexity index is 986. The Morgan fingerprint density at radius 3 is 2.56 bits per heavy atom. The molecule has 2 aromatic carbocycles. The maximum absolute atomic E-state index is 12.8. The molecule has 1 atom stereocenters. The highest BCUT2D eigenvalue weighted by molar-refractivity contribution is 6.29. The molecule has 0 bridgehead atoms. The van der Waals surface area contributed by atoms with Crippen LogP contribution in [0.2, 0.25) is 5.15 Å². The van der Waals surface area contributed by atoms with E-state index in [0.29, 0.717) is 16.2 Å². The predicted molar refractivity (Wildman–Crippen MR) is 105 cm³/mol. The fourth-order valence-electron chi connectivity index (χ4n) is 2.78. The minimum Gasteiger partial charge on any atom is -0.469 e. The molecule has 0 spiro atoms. The second-order valence-electron chi connectivity index (χ2n) is 6.26. The van der Waals surface area contributed by atoms with Crippen molar-refractivity contribution in [3.63, 3.8) is 0 Å². The first-order valence-electron chi connectivity index (χ1n) is 8.47. The van der Waals surface area contributed by atoms with Crippen LogP contribution >= 0.6 is 11.6 Å². The van der Waals surface area contributed by atoms with E-state index in [1.165, 1.54) is 7.11 Å². The number of nitrogens with one attached hydrogen (secondary N) is 1. The van der Waals surface area contributed by atoms with E-state index >= 15 is 0 Å². The lowest BCUT2D eigenvalue weighted by Crippen LogP contribution is -2.30. The summed E-state index contributed by atoms with van der Waals surface area (Å²) in [6, 6.07) is 15.9. The van der Waals surface area contributed by atoms with Gasteiger partial charge < -0.3 is 10.1 Å². The molecule has 1 aromatic heterocycles. The Kier molecular flexibility index (Phi) is 5.72. The number of carbonyl (C=O) groups is 2. The van der Waals surface area contributed by atoms with Crippen molar-refractivity contribution in [2.45, 2.75) is 19.4 Å². The summed E-state index contributed by atoms with van der Waals surface area (Å²) in [6.07, 6.45) is 0.0516. The highest BCUT2D eigenvalue weighted by Crippen LogP contribution is 2.21. The summed E-state index contributed by atoms with van der Waals surface area (Å²) < 4.78 is 4.77. The van der Waals surface area contributed by atoms with Crippen molar-refractivity contribution in [2.24, 2.45) is 0 Å². The van der Waals surface area contributed by atoms with Gasteiger partial charge in [-0.2, -0.15) is 0 Å². The molecular weight excluding hydrogens is 364 g/mol. The van der Waals surface area contributed by atoms with Crippen molar-refractivity contribution in [3.8, 4) is 0 Å². The van der Waals surface area contributed by atoms with E-state index in [2.05, 4.69) is 10.3 Å². The number of nitrogens with zero attached hydrogens (tertiary/aromatic N) is 1. The Morgan fingerprint density at radius 1 is 1.11 bits per heavy atom. The Morgan fingerprint density at radius 2 is 1.85 bits per heavy atom. The number of amides is 1. The first-order chi connectivity index (χ1) is 13.0. The van der Waals surface area contributed by atoms with Gasteiger partial charge in [0.15, 0.2) is 0 Å². The van der Waals surface area contributed by atoms with Crippen LogP contribution in [-0.2, 0) is 9.53 Å². The van der Waals surface area contributed by atoms with Crippen molar-refractivity contribution in [1.29, 1.82) is 0 Å². The van der Waals surface area contributed by atoms with Gasteiger partial charge in [0.2, 0.25) is 0 Å². The van der Waals surface area contributed by atoms with E-state index in [-0.39, 0.29) is 12.3 Å². The number of benzene rings is 2. The molecule has 1 heterocycles. The average molecular weight is 383 g/mol. The minimum absolute atomic E-state index is 0.0516. The summed E-state index contributed by atoms with van der Waals surface area (Å²) >= 11 is 5.90. The molecule has 138 valence electrons. The molecule has 1 unspecified atom stereocenters. The normalized spacial score (nSPS) is 11.8. The summed E-state index contributed by atoms with van der Waals surface area (Å²) in [4.78, 5) is 28.8. The second-order valence-corrected chi connectivity index (χ2v) is 6.65. The maximum Gasteiger partial charge on any atom is 0.307 e. The SMILES string of the molecule is COC(=O)CC(NC(=O)c1ccc2nc(Cl)ccc2c1)c1ccc(C)cc1. The molecule has 0 saturated carbocycles. The molecule has 5 nitrogen and oxygen atoms in total. The third-order valence-corrected chi connectivity index (χ3v) is 4.51. The fraction of sp³-hybridized carbons (Fsp3) is 0.190. The highest BCUT2D eigenvalue weighted by atomic mass is 35.5. The number of rotatable bonds is 5. The van der Waals surface area contributed by atoms with Crippen LogP contribution in [0.3, 0.4) is 0 Å². The van der Waals surface area contributed by atoms with Crippen molar-refractivity contribution < 1.29 is 14.3 Å². The van der Waals surface area contributed by atoms with Crippen LogP contribution in [0.5, 0.6) is 0 Å². The first-order valence-corrected chi connectivity index (χ1v) is 8.84. The number of ether oxygens (including phenoxy) is 1. The van der Waals surface area contributed by atoms with Gasteiger partial charge in [-0.15, -0.1) is 0 Å². The largest absolute Gasteiger partial charge is 0.469 e. The molecule has 0 aliphatic rings. The lowest BCUT2D eigenvalue weighted by atomic mass is 10.0. The van der Waals surface area contributed by atoms with Crippen LogP contribution in [0.4, 0.5) is 0 Å². The summed E-state index contributed by atoms with van der Waals surface area (Å²) in [7, 11) is 1.33. The zero-order valence-corrected chi connectivity index (χ0v) is 15.8. The summed E-state index contributed by atoms with van der Waals surface area (Å²) in [5, 5.41) is 4.14. The number of aryl methyl sites for hydroxylation is 1. The molecular formula is C21H19ClN2O3. The number of esters is 1. The number of aromatic nitrogens is 1. The second kappa shape index (κ2) is 8.18. The summed E-state index contributed by atoms with van der Waals surface area (Å²) in [6.45, 7) is 1.98. The topological polar surface area (TPSA) is 68.3 Å². The Balaban J connectivity index is 1.85. The van der Waals surface area contributed by atoms with Crippen LogP contribution in [0.15, 0.2) is 54.6 Å². The standard InChI is InChI=1S/C21H19ClN2O3/c1-13-3-5-14(6-4-13)18(12-20(25)27-2)24-21(26)16-7-9-17-15(11-16)8-10-19(22)23-17/h3-11,18H,12H2,1-2H3,(H,24,26). The third kappa shape index (κ3) is 4.63. The van der Waals surface area contributed by atoms with Crippen LogP contribution < -0.4 is 5.32 Å². The lowest BCUT2D eigenvalue weighted by molar-refractivity contribution is -0.141. The van der Waals surface area contributed by atoms with Gasteiger partial charge in [-0.05, 0) is 42.8 Å². The third-order valence-electron chi connectivity index (χ3n) is 4.30. The van der Waals surface area contributed by atoms with Crippen molar-refractivity contribution in [1.82, 2.24) is 10.3 Å². The van der Waals surface area contributed by atoms with Crippen LogP contribution in [-0.4, -0.2) is 24.0 Å². The van der Waals surface area contributed by atoms with Crippen LogP contribution in [0, 0.1) is 6.92 Å². The predicted octanol–water partition coefficient (Wildman–Crippen LogP) is 4.23. The number of hydrogen-bond acceptors (Lipinski definition) is 4. The maximum atomic E-state index is 12.8. The number of hydrogen-bond donors (Lipinski definition) is 1. The monoisotopic (exact) mass is 382 g/mol. The molecule has 6 heteroatoms. The molecule has 0 aliphatic heterocycles. The van der Waals surface area contributed by atoms with Gasteiger partial charge in [-0.3, -0.25) is 9.59 Å². The average Bonchev–Trinajstić information content (AvgIpc) is 2.67. The Hall–Kier alpha value is -2.92. The molecule has 0 radical (unpaired) electrons. The smallest absolute Gasteiger partial charge is 0.307 e. The van der Waals surface area contributed by atoms with Crippen LogP contribution in [0.1, 0.15) is 33.9 Å². The highest BCUT2D eigenvalue weighted by Gasteiger charge is 2.20. The fourth-order valence-corrected chi connectivity index (χ4v) is 2.94. The molecule has 1 N–H and O–H groups in total. The molecule has 27 heavy (non-hydrogen) atoms. The van der Waals surface area contributed by atoms with Gasteiger partial charge in [-0.1, -0.05) is 41.4 Å². The number of halogens is 1. The molecule has 0 aliphatic carbocycles.